The van der Waals surface area contributed by atoms with Crippen LogP contribution in [-0.4, -0.2) is 30.6 Å². The van der Waals surface area contributed by atoms with Crippen molar-refractivity contribution in [2.24, 2.45) is 16.7 Å². The smallest absolute Gasteiger partial charge is 0.310 e. The number of carbonyl (C=O) groups excluding carboxylic acids is 2. The van der Waals surface area contributed by atoms with E-state index in [1.165, 1.54) is 0 Å². The van der Waals surface area contributed by atoms with E-state index in [2.05, 4.69) is 12.7 Å². The standard InChI is InChI=1S/C17H22O4/c1-5-7-16-11(3)8-15(4,17(10-21-17)14(16)19)9-12(16)13(18)20-6-2/h5,8,12H,1,6-7,9-10H2,2-4H3/t12-,15-,16+,17-/m0/s1. The first-order valence-corrected chi connectivity index (χ1v) is 7.54. The molecule has 2 bridgehead atoms. The molecule has 3 aliphatic carbocycles. The first-order chi connectivity index (χ1) is 9.88. The molecule has 1 spiro atoms. The second-order valence-corrected chi connectivity index (χ2v) is 6.66. The van der Waals surface area contributed by atoms with Crippen LogP contribution in [0.15, 0.2) is 24.3 Å². The number of allylic oxidation sites excluding steroid dienone is 2. The van der Waals surface area contributed by atoms with Crippen molar-refractivity contribution < 1.29 is 19.1 Å². The largest absolute Gasteiger partial charge is 0.466 e. The van der Waals surface area contributed by atoms with Gasteiger partial charge in [-0.15, -0.1) is 6.58 Å². The van der Waals surface area contributed by atoms with E-state index >= 15 is 0 Å². The maximum Gasteiger partial charge on any atom is 0.310 e. The van der Waals surface area contributed by atoms with Crippen LogP contribution in [0.25, 0.3) is 0 Å². The van der Waals surface area contributed by atoms with Crippen molar-refractivity contribution in [2.45, 2.75) is 39.2 Å². The van der Waals surface area contributed by atoms with E-state index in [1.807, 2.05) is 13.8 Å². The molecule has 2 fully saturated rings. The van der Waals surface area contributed by atoms with E-state index in [0.29, 0.717) is 26.1 Å². The van der Waals surface area contributed by atoms with E-state index in [1.54, 1.807) is 13.0 Å². The maximum absolute atomic E-state index is 13.2. The topological polar surface area (TPSA) is 55.9 Å². The Morgan fingerprint density at radius 3 is 2.81 bits per heavy atom. The lowest BCUT2D eigenvalue weighted by molar-refractivity contribution is -0.168. The lowest BCUT2D eigenvalue weighted by Gasteiger charge is -2.55. The normalized spacial score (nSPS) is 43.7. The highest BCUT2D eigenvalue weighted by atomic mass is 16.6. The molecule has 1 saturated carbocycles. The molecule has 0 radical (unpaired) electrons. The van der Waals surface area contributed by atoms with Crippen molar-refractivity contribution in [3.05, 3.63) is 24.3 Å². The molecule has 0 amide bonds. The van der Waals surface area contributed by atoms with Crippen molar-refractivity contribution >= 4 is 11.8 Å². The molecule has 0 aromatic heterocycles. The Labute approximate surface area is 125 Å². The molecule has 4 atom stereocenters. The van der Waals surface area contributed by atoms with Gasteiger partial charge >= 0.3 is 5.97 Å². The third-order valence-electron chi connectivity index (χ3n) is 5.63. The number of esters is 1. The van der Waals surface area contributed by atoms with E-state index in [-0.39, 0.29) is 11.8 Å². The van der Waals surface area contributed by atoms with Gasteiger partial charge in [-0.3, -0.25) is 9.59 Å². The first kappa shape index (κ1) is 14.5. The molecule has 0 unspecified atom stereocenters. The molecule has 1 aliphatic heterocycles. The first-order valence-electron chi connectivity index (χ1n) is 7.54. The predicted octanol–water partition coefficient (Wildman–Crippen LogP) is 2.44. The minimum atomic E-state index is -0.831. The molecule has 0 aromatic rings. The third kappa shape index (κ3) is 1.54. The lowest BCUT2D eigenvalue weighted by Crippen LogP contribution is -2.64. The van der Waals surface area contributed by atoms with Gasteiger partial charge in [-0.1, -0.05) is 24.6 Å². The molecule has 114 valence electrons. The highest BCUT2D eigenvalue weighted by Gasteiger charge is 2.76. The number of rotatable bonds is 4. The van der Waals surface area contributed by atoms with Crippen LogP contribution in [0.3, 0.4) is 0 Å². The molecule has 0 aromatic carbocycles. The number of Topliss-reactive ketones (excluding diaryl/α,β-unsaturated/α-hetero) is 1. The summed E-state index contributed by atoms with van der Waals surface area (Å²) >= 11 is 0. The summed E-state index contributed by atoms with van der Waals surface area (Å²) in [5.41, 5.74) is -1.00. The van der Waals surface area contributed by atoms with Crippen molar-refractivity contribution in [2.75, 3.05) is 13.2 Å². The van der Waals surface area contributed by atoms with Crippen molar-refractivity contribution in [1.82, 2.24) is 0 Å². The Morgan fingerprint density at radius 1 is 1.62 bits per heavy atom. The molecule has 0 N–H and O–H groups in total. The number of hydrogen-bond donors (Lipinski definition) is 0. The quantitative estimate of drug-likeness (QED) is 0.453. The second kappa shape index (κ2) is 4.29. The Bertz CT molecular complexity index is 557. The van der Waals surface area contributed by atoms with Gasteiger partial charge in [0.15, 0.2) is 11.4 Å². The highest BCUT2D eigenvalue weighted by molar-refractivity contribution is 6.04. The summed E-state index contributed by atoms with van der Waals surface area (Å²) in [6, 6.07) is 0. The Kier molecular flexibility index (Phi) is 2.97. The number of ketones is 1. The van der Waals surface area contributed by atoms with Crippen molar-refractivity contribution in [3.8, 4) is 0 Å². The van der Waals surface area contributed by atoms with Gasteiger partial charge in [0.1, 0.15) is 0 Å². The van der Waals surface area contributed by atoms with E-state index in [9.17, 15) is 9.59 Å². The van der Waals surface area contributed by atoms with Crippen LogP contribution in [0, 0.1) is 16.7 Å². The summed E-state index contributed by atoms with van der Waals surface area (Å²) in [4.78, 5) is 25.7. The molecule has 4 nitrogen and oxygen atoms in total. The van der Waals surface area contributed by atoms with Gasteiger partial charge in [-0.2, -0.15) is 0 Å². The summed E-state index contributed by atoms with van der Waals surface area (Å²) in [5, 5.41) is 0. The fourth-order valence-corrected chi connectivity index (χ4v) is 4.46. The molecular weight excluding hydrogens is 268 g/mol. The summed E-state index contributed by atoms with van der Waals surface area (Å²) < 4.78 is 10.9. The van der Waals surface area contributed by atoms with E-state index in [0.717, 1.165) is 5.57 Å². The lowest BCUT2D eigenvalue weighted by atomic mass is 9.45. The Hall–Kier alpha value is -1.42. The maximum atomic E-state index is 13.2. The fraction of sp³-hybridized carbons (Fsp3) is 0.647. The van der Waals surface area contributed by atoms with Crippen LogP contribution in [-0.2, 0) is 19.1 Å². The predicted molar refractivity (Wildman–Crippen MR) is 77.5 cm³/mol. The minimum absolute atomic E-state index is 0.0432. The van der Waals surface area contributed by atoms with Crippen molar-refractivity contribution in [3.63, 3.8) is 0 Å². The number of hydrogen-bond acceptors (Lipinski definition) is 4. The van der Waals surface area contributed by atoms with Gasteiger partial charge < -0.3 is 9.47 Å². The minimum Gasteiger partial charge on any atom is -0.466 e. The van der Waals surface area contributed by atoms with Gasteiger partial charge in [-0.25, -0.2) is 0 Å². The zero-order valence-electron chi connectivity index (χ0n) is 12.9. The van der Waals surface area contributed by atoms with E-state index < -0.39 is 22.3 Å². The van der Waals surface area contributed by atoms with Gasteiger partial charge in [-0.05, 0) is 26.7 Å². The van der Waals surface area contributed by atoms with Crippen LogP contribution in [0.1, 0.15) is 33.6 Å². The number of epoxide rings is 1. The van der Waals surface area contributed by atoms with Crippen LogP contribution >= 0.6 is 0 Å². The molecular formula is C17H22O4. The van der Waals surface area contributed by atoms with Gasteiger partial charge in [0.2, 0.25) is 0 Å². The number of carbonyl (C=O) groups is 2. The molecule has 4 rings (SSSR count). The van der Waals surface area contributed by atoms with Crippen LogP contribution < -0.4 is 0 Å². The summed E-state index contributed by atoms with van der Waals surface area (Å²) in [6.07, 6.45) is 4.92. The fourth-order valence-electron chi connectivity index (χ4n) is 4.46. The van der Waals surface area contributed by atoms with Crippen LogP contribution in [0.5, 0.6) is 0 Å². The van der Waals surface area contributed by atoms with Gasteiger partial charge in [0, 0.05) is 5.41 Å². The van der Waals surface area contributed by atoms with Crippen molar-refractivity contribution in [1.29, 1.82) is 0 Å². The zero-order chi connectivity index (χ0) is 15.5. The molecule has 21 heavy (non-hydrogen) atoms. The second-order valence-electron chi connectivity index (χ2n) is 6.66. The average Bonchev–Trinajstić information content (AvgIpc) is 3.21. The van der Waals surface area contributed by atoms with Crippen LogP contribution in [0.4, 0.5) is 0 Å². The Morgan fingerprint density at radius 2 is 2.29 bits per heavy atom. The summed E-state index contributed by atoms with van der Waals surface area (Å²) in [6.45, 7) is 10.3. The monoisotopic (exact) mass is 290 g/mol. The van der Waals surface area contributed by atoms with Gasteiger partial charge in [0.25, 0.3) is 0 Å². The number of ether oxygens (including phenoxy) is 2. The summed E-state index contributed by atoms with van der Waals surface area (Å²) in [5.74, 6) is -0.670. The number of fused-ring (bicyclic) bond motifs is 1. The van der Waals surface area contributed by atoms with E-state index in [4.69, 9.17) is 9.47 Å². The average molecular weight is 290 g/mol. The molecule has 4 aliphatic rings. The SMILES string of the molecule is C=CC[C@@]12C(=O)[C@@]3(CO3)[C@@](C)(C=C1C)C[C@H]2C(=O)OCC. The molecule has 1 saturated heterocycles. The molecule has 4 heteroatoms. The summed E-state index contributed by atoms with van der Waals surface area (Å²) in [7, 11) is 0. The molecule has 1 heterocycles. The van der Waals surface area contributed by atoms with Gasteiger partial charge in [0.05, 0.1) is 24.5 Å². The zero-order valence-corrected chi connectivity index (χ0v) is 12.9. The Balaban J connectivity index is 2.14. The highest BCUT2D eigenvalue weighted by Crippen LogP contribution is 2.67. The van der Waals surface area contributed by atoms with Crippen LogP contribution in [0.2, 0.25) is 0 Å². The third-order valence-corrected chi connectivity index (χ3v) is 5.63.